The number of carbonyl (C=O) groups is 2. The Balaban J connectivity index is 3.35. The van der Waals surface area contributed by atoms with Crippen molar-refractivity contribution in [1.82, 2.24) is 5.32 Å². The molecule has 1 unspecified atom stereocenters. The maximum atomic E-state index is 11.0. The monoisotopic (exact) mass is 188 g/mol. The first-order chi connectivity index (χ1) is 6.02. The van der Waals surface area contributed by atoms with Gasteiger partial charge in [-0.3, -0.25) is 9.59 Å². The molecule has 0 fully saturated rings. The third-order valence-electron chi connectivity index (χ3n) is 1.48. The summed E-state index contributed by atoms with van der Waals surface area (Å²) < 4.78 is 0. The van der Waals surface area contributed by atoms with Crippen LogP contribution in [-0.4, -0.2) is 29.6 Å². The highest BCUT2D eigenvalue weighted by molar-refractivity contribution is 5.77. The number of nitrogens with one attached hydrogen (secondary N) is 1. The van der Waals surface area contributed by atoms with Crippen molar-refractivity contribution in [2.24, 2.45) is 5.73 Å². The molecule has 0 aromatic rings. The smallest absolute Gasteiger partial charge is 0.220 e. The lowest BCUT2D eigenvalue weighted by Gasteiger charge is -2.04. The molecule has 1 atom stereocenters. The molecule has 0 aliphatic carbocycles. The number of aliphatic hydroxyl groups excluding tert-OH is 1. The molecule has 0 saturated heterocycles. The van der Waals surface area contributed by atoms with E-state index in [9.17, 15) is 9.59 Å². The second-order valence-corrected chi connectivity index (χ2v) is 2.95. The third-order valence-corrected chi connectivity index (χ3v) is 1.48. The summed E-state index contributed by atoms with van der Waals surface area (Å²) in [6.07, 6.45) is 0.390. The minimum Gasteiger partial charge on any atom is -0.393 e. The Morgan fingerprint density at radius 1 is 1.46 bits per heavy atom. The maximum absolute atomic E-state index is 11.0. The van der Waals surface area contributed by atoms with Gasteiger partial charge in [0, 0.05) is 19.4 Å². The SMILES string of the molecule is CC(O)CCC(=O)NCCC(N)=O. The first-order valence-electron chi connectivity index (χ1n) is 4.25. The average Bonchev–Trinajstić information content (AvgIpc) is 2.00. The summed E-state index contributed by atoms with van der Waals surface area (Å²) in [6, 6.07) is 0. The van der Waals surface area contributed by atoms with Crippen molar-refractivity contribution >= 4 is 11.8 Å². The molecular formula is C8H16N2O3. The summed E-state index contributed by atoms with van der Waals surface area (Å²) in [5, 5.41) is 11.4. The number of nitrogens with two attached hydrogens (primary N) is 1. The summed E-state index contributed by atoms with van der Waals surface area (Å²) in [7, 11) is 0. The molecular weight excluding hydrogens is 172 g/mol. The van der Waals surface area contributed by atoms with E-state index in [1.54, 1.807) is 6.92 Å². The van der Waals surface area contributed by atoms with Crippen LogP contribution in [0.5, 0.6) is 0 Å². The molecule has 76 valence electrons. The van der Waals surface area contributed by atoms with E-state index in [4.69, 9.17) is 10.8 Å². The predicted molar refractivity (Wildman–Crippen MR) is 47.7 cm³/mol. The van der Waals surface area contributed by atoms with Crippen LogP contribution < -0.4 is 11.1 Å². The van der Waals surface area contributed by atoms with Crippen LogP contribution in [0.1, 0.15) is 26.2 Å². The third kappa shape index (κ3) is 8.81. The van der Waals surface area contributed by atoms with Crippen molar-refractivity contribution in [3.05, 3.63) is 0 Å². The highest BCUT2D eigenvalue weighted by atomic mass is 16.3. The number of carbonyl (C=O) groups excluding carboxylic acids is 2. The molecule has 4 N–H and O–H groups in total. The number of aliphatic hydroxyl groups is 1. The zero-order valence-electron chi connectivity index (χ0n) is 7.75. The topological polar surface area (TPSA) is 92.4 Å². The molecule has 5 nitrogen and oxygen atoms in total. The molecule has 2 amide bonds. The fraction of sp³-hybridized carbons (Fsp3) is 0.750. The highest BCUT2D eigenvalue weighted by Crippen LogP contribution is 1.94. The van der Waals surface area contributed by atoms with Crippen LogP contribution in [-0.2, 0) is 9.59 Å². The number of rotatable bonds is 6. The van der Waals surface area contributed by atoms with Crippen LogP contribution in [0.3, 0.4) is 0 Å². The molecule has 0 bridgehead atoms. The molecule has 0 spiro atoms. The van der Waals surface area contributed by atoms with Gasteiger partial charge in [0.15, 0.2) is 0 Å². The lowest BCUT2D eigenvalue weighted by atomic mass is 10.2. The Bertz CT molecular complexity index is 180. The van der Waals surface area contributed by atoms with Gasteiger partial charge in [0.25, 0.3) is 0 Å². The first-order valence-corrected chi connectivity index (χ1v) is 4.25. The zero-order valence-corrected chi connectivity index (χ0v) is 7.75. The van der Waals surface area contributed by atoms with Gasteiger partial charge in [0.1, 0.15) is 0 Å². The van der Waals surface area contributed by atoms with Gasteiger partial charge in [-0.05, 0) is 13.3 Å². The lowest BCUT2D eigenvalue weighted by molar-refractivity contribution is -0.122. The Kier molecular flexibility index (Phi) is 5.88. The quantitative estimate of drug-likeness (QED) is 0.506. The van der Waals surface area contributed by atoms with Gasteiger partial charge in [0.05, 0.1) is 6.10 Å². The molecule has 0 aromatic carbocycles. The second kappa shape index (κ2) is 6.42. The zero-order chi connectivity index (χ0) is 10.3. The van der Waals surface area contributed by atoms with Gasteiger partial charge in [-0.1, -0.05) is 0 Å². The molecule has 0 radical (unpaired) electrons. The van der Waals surface area contributed by atoms with Gasteiger partial charge in [0.2, 0.25) is 11.8 Å². The first kappa shape index (κ1) is 11.9. The van der Waals surface area contributed by atoms with Crippen LogP contribution >= 0.6 is 0 Å². The molecule has 0 saturated carbocycles. The Hall–Kier alpha value is -1.10. The van der Waals surface area contributed by atoms with E-state index >= 15 is 0 Å². The lowest BCUT2D eigenvalue weighted by Crippen LogP contribution is -2.28. The summed E-state index contributed by atoms with van der Waals surface area (Å²) >= 11 is 0. The van der Waals surface area contributed by atoms with Gasteiger partial charge in [-0.2, -0.15) is 0 Å². The maximum Gasteiger partial charge on any atom is 0.220 e. The number of primary amides is 1. The normalized spacial score (nSPS) is 12.2. The van der Waals surface area contributed by atoms with Crippen molar-refractivity contribution in [2.45, 2.75) is 32.3 Å². The van der Waals surface area contributed by atoms with Crippen LogP contribution in [0, 0.1) is 0 Å². The number of hydrogen-bond donors (Lipinski definition) is 3. The average molecular weight is 188 g/mol. The van der Waals surface area contributed by atoms with Gasteiger partial charge >= 0.3 is 0 Å². The fourth-order valence-electron chi connectivity index (χ4n) is 0.753. The van der Waals surface area contributed by atoms with E-state index in [0.29, 0.717) is 6.42 Å². The van der Waals surface area contributed by atoms with Crippen molar-refractivity contribution in [2.75, 3.05) is 6.54 Å². The van der Waals surface area contributed by atoms with Gasteiger partial charge in [-0.15, -0.1) is 0 Å². The van der Waals surface area contributed by atoms with Crippen molar-refractivity contribution in [3.8, 4) is 0 Å². The molecule has 0 aliphatic heterocycles. The molecule has 13 heavy (non-hydrogen) atoms. The highest BCUT2D eigenvalue weighted by Gasteiger charge is 2.03. The van der Waals surface area contributed by atoms with Crippen LogP contribution in [0.4, 0.5) is 0 Å². The molecule has 0 aliphatic rings. The van der Waals surface area contributed by atoms with Crippen molar-refractivity contribution in [3.63, 3.8) is 0 Å². The van der Waals surface area contributed by atoms with Gasteiger partial charge < -0.3 is 16.2 Å². The minimum absolute atomic E-state index is 0.153. The Morgan fingerprint density at radius 3 is 2.54 bits per heavy atom. The number of amides is 2. The van der Waals surface area contributed by atoms with E-state index in [2.05, 4.69) is 5.32 Å². The van der Waals surface area contributed by atoms with E-state index in [1.165, 1.54) is 0 Å². The summed E-state index contributed by atoms with van der Waals surface area (Å²) in [4.78, 5) is 21.2. The van der Waals surface area contributed by atoms with Gasteiger partial charge in [-0.25, -0.2) is 0 Å². The molecule has 0 heterocycles. The van der Waals surface area contributed by atoms with E-state index < -0.39 is 12.0 Å². The fourth-order valence-corrected chi connectivity index (χ4v) is 0.753. The minimum atomic E-state index is -0.470. The Morgan fingerprint density at radius 2 is 2.08 bits per heavy atom. The van der Waals surface area contributed by atoms with E-state index in [1.807, 2.05) is 0 Å². The molecule has 5 heteroatoms. The van der Waals surface area contributed by atoms with Crippen molar-refractivity contribution in [1.29, 1.82) is 0 Å². The standard InChI is InChI=1S/C8H16N2O3/c1-6(11)2-3-8(13)10-5-4-7(9)12/h6,11H,2-5H2,1H3,(H2,9,12)(H,10,13). The summed E-state index contributed by atoms with van der Waals surface area (Å²) in [5.41, 5.74) is 4.87. The molecule has 0 aromatic heterocycles. The van der Waals surface area contributed by atoms with Crippen LogP contribution in [0.25, 0.3) is 0 Å². The second-order valence-electron chi connectivity index (χ2n) is 2.95. The van der Waals surface area contributed by atoms with Crippen LogP contribution in [0.2, 0.25) is 0 Å². The van der Waals surface area contributed by atoms with Crippen molar-refractivity contribution < 1.29 is 14.7 Å². The number of hydrogen-bond acceptors (Lipinski definition) is 3. The summed E-state index contributed by atoms with van der Waals surface area (Å²) in [5.74, 6) is -0.599. The van der Waals surface area contributed by atoms with E-state index in [0.717, 1.165) is 0 Å². The van der Waals surface area contributed by atoms with E-state index in [-0.39, 0.29) is 25.3 Å². The predicted octanol–water partition coefficient (Wildman–Crippen LogP) is -0.861. The Labute approximate surface area is 77.3 Å². The molecule has 0 rings (SSSR count). The largest absolute Gasteiger partial charge is 0.393 e. The van der Waals surface area contributed by atoms with Crippen LogP contribution in [0.15, 0.2) is 0 Å². The summed E-state index contributed by atoms with van der Waals surface area (Å²) in [6.45, 7) is 1.89.